The van der Waals surface area contributed by atoms with Crippen LogP contribution in [-0.2, 0) is 6.61 Å². The number of benzene rings is 2. The fraction of sp³-hybridized carbons (Fsp3) is 0.176. The van der Waals surface area contributed by atoms with Crippen molar-refractivity contribution in [1.29, 1.82) is 0 Å². The van der Waals surface area contributed by atoms with Crippen LogP contribution < -0.4 is 9.47 Å². The van der Waals surface area contributed by atoms with Gasteiger partial charge in [-0.1, -0.05) is 28.9 Å². The molecule has 2 aromatic carbocycles. The highest BCUT2D eigenvalue weighted by molar-refractivity contribution is 5.53. The summed E-state index contributed by atoms with van der Waals surface area (Å²) in [7, 11) is 1.62. The lowest BCUT2D eigenvalue weighted by Crippen LogP contribution is -1.97. The Morgan fingerprint density at radius 2 is 1.86 bits per heavy atom. The zero-order chi connectivity index (χ0) is 15.4. The fourth-order valence-corrected chi connectivity index (χ4v) is 2.05. The van der Waals surface area contributed by atoms with Gasteiger partial charge in [0.05, 0.1) is 7.11 Å². The first kappa shape index (κ1) is 14.1. The molecule has 5 nitrogen and oxygen atoms in total. The maximum absolute atomic E-state index is 5.64. The van der Waals surface area contributed by atoms with E-state index in [1.165, 1.54) is 0 Å². The van der Waals surface area contributed by atoms with E-state index < -0.39 is 0 Å². The summed E-state index contributed by atoms with van der Waals surface area (Å²) < 4.78 is 16.1. The van der Waals surface area contributed by atoms with Crippen LogP contribution in [0.15, 0.2) is 53.1 Å². The second-order valence-electron chi connectivity index (χ2n) is 4.85. The Morgan fingerprint density at radius 1 is 1.05 bits per heavy atom. The Labute approximate surface area is 128 Å². The van der Waals surface area contributed by atoms with Crippen molar-refractivity contribution in [3.8, 4) is 23.0 Å². The molecule has 0 atom stereocenters. The highest BCUT2D eigenvalue weighted by Gasteiger charge is 2.09. The Morgan fingerprint density at radius 3 is 2.68 bits per heavy atom. The molecule has 0 bridgehead atoms. The molecule has 3 rings (SSSR count). The van der Waals surface area contributed by atoms with Gasteiger partial charge in [-0.15, -0.1) is 0 Å². The zero-order valence-electron chi connectivity index (χ0n) is 12.4. The van der Waals surface area contributed by atoms with Crippen molar-refractivity contribution < 1.29 is 14.0 Å². The fourth-order valence-electron chi connectivity index (χ4n) is 2.05. The van der Waals surface area contributed by atoms with Gasteiger partial charge in [0.1, 0.15) is 11.5 Å². The van der Waals surface area contributed by atoms with E-state index in [2.05, 4.69) is 10.1 Å². The largest absolute Gasteiger partial charge is 0.497 e. The maximum atomic E-state index is 5.64. The van der Waals surface area contributed by atoms with Gasteiger partial charge in [-0.3, -0.25) is 0 Å². The smallest absolute Gasteiger partial charge is 0.258 e. The van der Waals surface area contributed by atoms with Crippen molar-refractivity contribution in [3.63, 3.8) is 0 Å². The quantitative estimate of drug-likeness (QED) is 0.719. The van der Waals surface area contributed by atoms with Gasteiger partial charge in [0, 0.05) is 11.6 Å². The third-order valence-corrected chi connectivity index (χ3v) is 3.14. The number of aromatic nitrogens is 2. The van der Waals surface area contributed by atoms with E-state index >= 15 is 0 Å². The molecule has 0 fully saturated rings. The number of rotatable bonds is 5. The molecule has 5 heteroatoms. The average Bonchev–Trinajstić information content (AvgIpc) is 3.02. The lowest BCUT2D eigenvalue weighted by atomic mass is 10.1. The van der Waals surface area contributed by atoms with Gasteiger partial charge in [0.25, 0.3) is 5.89 Å². The summed E-state index contributed by atoms with van der Waals surface area (Å²) in [5, 5.41) is 3.94. The molecule has 0 radical (unpaired) electrons. The van der Waals surface area contributed by atoms with Gasteiger partial charge < -0.3 is 14.0 Å². The summed E-state index contributed by atoms with van der Waals surface area (Å²) in [5.41, 5.74) is 2.05. The van der Waals surface area contributed by atoms with Gasteiger partial charge in [0.15, 0.2) is 6.61 Å². The average molecular weight is 296 g/mol. The minimum Gasteiger partial charge on any atom is -0.497 e. The predicted molar refractivity (Wildman–Crippen MR) is 81.8 cm³/mol. The summed E-state index contributed by atoms with van der Waals surface area (Å²) in [6, 6.07) is 15.3. The minimum atomic E-state index is 0.239. The second kappa shape index (κ2) is 6.30. The third-order valence-electron chi connectivity index (χ3n) is 3.14. The SMILES string of the molecule is COc1cccc(OCc2noc(-c3cccc(C)c3)n2)c1. The molecule has 22 heavy (non-hydrogen) atoms. The molecule has 0 spiro atoms. The van der Waals surface area contributed by atoms with E-state index in [4.69, 9.17) is 14.0 Å². The topological polar surface area (TPSA) is 57.4 Å². The molecule has 0 N–H and O–H groups in total. The monoisotopic (exact) mass is 296 g/mol. The van der Waals surface area contributed by atoms with Crippen LogP contribution in [-0.4, -0.2) is 17.3 Å². The molecular formula is C17H16N2O3. The van der Waals surface area contributed by atoms with E-state index in [-0.39, 0.29) is 6.61 Å². The lowest BCUT2D eigenvalue weighted by molar-refractivity contribution is 0.285. The Hall–Kier alpha value is -2.82. The molecule has 0 aliphatic heterocycles. The summed E-state index contributed by atoms with van der Waals surface area (Å²) in [6.45, 7) is 2.26. The van der Waals surface area contributed by atoms with Crippen molar-refractivity contribution in [3.05, 3.63) is 59.9 Å². The molecule has 0 saturated carbocycles. The van der Waals surface area contributed by atoms with Crippen LogP contribution in [0.4, 0.5) is 0 Å². The molecule has 3 aromatic rings. The molecule has 0 saturated heterocycles. The van der Waals surface area contributed by atoms with Crippen molar-refractivity contribution >= 4 is 0 Å². The van der Waals surface area contributed by atoms with E-state index in [0.717, 1.165) is 16.9 Å². The first-order valence-electron chi connectivity index (χ1n) is 6.91. The number of nitrogens with zero attached hydrogens (tertiary/aromatic N) is 2. The summed E-state index contributed by atoms with van der Waals surface area (Å²) in [5.74, 6) is 2.43. The van der Waals surface area contributed by atoms with Crippen molar-refractivity contribution in [2.45, 2.75) is 13.5 Å². The minimum absolute atomic E-state index is 0.239. The molecule has 0 aliphatic rings. The van der Waals surface area contributed by atoms with Crippen LogP contribution in [0.5, 0.6) is 11.5 Å². The van der Waals surface area contributed by atoms with Crippen LogP contribution in [0.2, 0.25) is 0 Å². The number of ether oxygens (including phenoxy) is 2. The predicted octanol–water partition coefficient (Wildman–Crippen LogP) is 3.63. The van der Waals surface area contributed by atoms with Crippen LogP contribution in [0, 0.1) is 6.92 Å². The number of hydrogen-bond donors (Lipinski definition) is 0. The maximum Gasteiger partial charge on any atom is 0.258 e. The Balaban J connectivity index is 1.69. The molecule has 1 aromatic heterocycles. The molecule has 112 valence electrons. The van der Waals surface area contributed by atoms with Gasteiger partial charge in [-0.2, -0.15) is 4.98 Å². The number of methoxy groups -OCH3 is 1. The highest BCUT2D eigenvalue weighted by atomic mass is 16.5. The third kappa shape index (κ3) is 3.25. The highest BCUT2D eigenvalue weighted by Crippen LogP contribution is 2.21. The van der Waals surface area contributed by atoms with E-state index in [1.54, 1.807) is 7.11 Å². The first-order chi connectivity index (χ1) is 10.7. The lowest BCUT2D eigenvalue weighted by Gasteiger charge is -2.05. The normalized spacial score (nSPS) is 10.5. The van der Waals surface area contributed by atoms with Crippen LogP contribution in [0.1, 0.15) is 11.4 Å². The van der Waals surface area contributed by atoms with Crippen LogP contribution >= 0.6 is 0 Å². The van der Waals surface area contributed by atoms with Gasteiger partial charge in [-0.25, -0.2) is 0 Å². The zero-order valence-corrected chi connectivity index (χ0v) is 12.4. The van der Waals surface area contributed by atoms with Gasteiger partial charge in [0.2, 0.25) is 5.82 Å². The van der Waals surface area contributed by atoms with Crippen LogP contribution in [0.25, 0.3) is 11.5 Å². The van der Waals surface area contributed by atoms with Crippen molar-refractivity contribution in [2.24, 2.45) is 0 Å². The van der Waals surface area contributed by atoms with E-state index in [9.17, 15) is 0 Å². The molecular weight excluding hydrogens is 280 g/mol. The Kier molecular flexibility index (Phi) is 4.05. The van der Waals surface area contributed by atoms with E-state index in [0.29, 0.717) is 17.5 Å². The molecule has 1 heterocycles. The molecule has 0 aliphatic carbocycles. The molecule has 0 amide bonds. The molecule has 0 unspecified atom stereocenters. The van der Waals surface area contributed by atoms with Crippen molar-refractivity contribution in [1.82, 2.24) is 10.1 Å². The summed E-state index contributed by atoms with van der Waals surface area (Å²) in [6.07, 6.45) is 0. The first-order valence-corrected chi connectivity index (χ1v) is 6.91. The van der Waals surface area contributed by atoms with Gasteiger partial charge in [-0.05, 0) is 31.2 Å². The standard InChI is InChI=1S/C17H16N2O3/c1-12-5-3-6-13(9-12)17-18-16(19-22-17)11-21-15-8-4-7-14(10-15)20-2/h3-10H,11H2,1-2H3. The number of hydrogen-bond acceptors (Lipinski definition) is 5. The summed E-state index contributed by atoms with van der Waals surface area (Å²) >= 11 is 0. The summed E-state index contributed by atoms with van der Waals surface area (Å²) in [4.78, 5) is 4.35. The Bertz CT molecular complexity index is 768. The van der Waals surface area contributed by atoms with Gasteiger partial charge >= 0.3 is 0 Å². The second-order valence-corrected chi connectivity index (χ2v) is 4.85. The van der Waals surface area contributed by atoms with Crippen molar-refractivity contribution in [2.75, 3.05) is 7.11 Å². The number of aryl methyl sites for hydroxylation is 1. The van der Waals surface area contributed by atoms with E-state index in [1.807, 2.05) is 55.5 Å². The van der Waals surface area contributed by atoms with Crippen LogP contribution in [0.3, 0.4) is 0 Å².